The van der Waals surface area contributed by atoms with E-state index in [0.29, 0.717) is 17.2 Å². The minimum absolute atomic E-state index is 0.412. The summed E-state index contributed by atoms with van der Waals surface area (Å²) in [7, 11) is 0. The summed E-state index contributed by atoms with van der Waals surface area (Å²) in [6.45, 7) is 0. The highest BCUT2D eigenvalue weighted by atomic mass is 35.5. The fourth-order valence-electron chi connectivity index (χ4n) is 1.94. The minimum atomic E-state index is -0.506. The molecule has 0 amide bonds. The van der Waals surface area contributed by atoms with Gasteiger partial charge in [0.1, 0.15) is 0 Å². The average Bonchev–Trinajstić information content (AvgIpc) is 2.56. The van der Waals surface area contributed by atoms with Crippen LogP contribution in [-0.4, -0.2) is 20.2 Å². The smallest absolute Gasteiger partial charge is 0.252 e. The van der Waals surface area contributed by atoms with Crippen LogP contribution in [-0.2, 0) is 0 Å². The molecule has 0 aliphatic rings. The first-order chi connectivity index (χ1) is 10.7. The van der Waals surface area contributed by atoms with E-state index in [-0.39, 0.29) is 0 Å². The topological polar surface area (TPSA) is 67.8 Å². The normalized spacial score (nSPS) is 10.2. The van der Waals surface area contributed by atoms with E-state index in [9.17, 15) is 4.79 Å². The third-order valence-corrected chi connectivity index (χ3v) is 3.18. The molecule has 3 aromatic rings. The van der Waals surface area contributed by atoms with Crippen LogP contribution >= 0.6 is 11.6 Å². The summed E-state index contributed by atoms with van der Waals surface area (Å²) < 4.78 is 0. The molecule has 5 nitrogen and oxygen atoms in total. The molecule has 0 unspecified atom stereocenters. The van der Waals surface area contributed by atoms with E-state index in [1.165, 1.54) is 0 Å². The second kappa shape index (κ2) is 6.32. The fraction of sp³-hybridized carbons (Fsp3) is 0. The number of aromatic nitrogens is 3. The summed E-state index contributed by atoms with van der Waals surface area (Å²) in [6, 6.07) is 12.4. The van der Waals surface area contributed by atoms with Crippen LogP contribution in [0.25, 0.3) is 11.3 Å². The van der Waals surface area contributed by atoms with Crippen LogP contribution < -0.4 is 5.32 Å². The molecule has 6 heteroatoms. The van der Waals surface area contributed by atoms with Gasteiger partial charge < -0.3 is 5.32 Å². The van der Waals surface area contributed by atoms with Crippen molar-refractivity contribution in [2.24, 2.45) is 0 Å². The van der Waals surface area contributed by atoms with Crippen LogP contribution in [0, 0.1) is 0 Å². The Balaban J connectivity index is 1.87. The Morgan fingerprint density at radius 3 is 2.77 bits per heavy atom. The lowest BCUT2D eigenvalue weighted by Gasteiger charge is -2.07. The Labute approximate surface area is 132 Å². The van der Waals surface area contributed by atoms with E-state index in [4.69, 9.17) is 11.6 Å². The monoisotopic (exact) mass is 310 g/mol. The molecular weight excluding hydrogens is 300 g/mol. The predicted octanol–water partition coefficient (Wildman–Crippen LogP) is 3.66. The molecule has 0 saturated carbocycles. The number of carbonyl (C=O) groups is 1. The molecule has 3 rings (SSSR count). The van der Waals surface area contributed by atoms with Crippen molar-refractivity contribution in [3.8, 4) is 11.3 Å². The molecule has 1 N–H and O–H groups in total. The summed E-state index contributed by atoms with van der Waals surface area (Å²) in [5, 5.41) is 2.55. The van der Waals surface area contributed by atoms with Crippen LogP contribution in [0.1, 0.15) is 10.4 Å². The van der Waals surface area contributed by atoms with E-state index in [1.807, 2.05) is 18.2 Å². The molecule has 1 aromatic carbocycles. The first-order valence-corrected chi connectivity index (χ1v) is 6.90. The lowest BCUT2D eigenvalue weighted by atomic mass is 10.2. The largest absolute Gasteiger partial charge is 0.324 e. The zero-order valence-corrected chi connectivity index (χ0v) is 12.2. The van der Waals surface area contributed by atoms with Crippen LogP contribution in [0.4, 0.5) is 11.6 Å². The van der Waals surface area contributed by atoms with E-state index in [2.05, 4.69) is 20.3 Å². The number of nitrogens with zero attached hydrogens (tertiary/aromatic N) is 3. The zero-order valence-electron chi connectivity index (χ0n) is 11.4. The molecule has 0 saturated heterocycles. The minimum Gasteiger partial charge on any atom is -0.324 e. The maximum Gasteiger partial charge on any atom is 0.252 e. The van der Waals surface area contributed by atoms with Crippen LogP contribution in [0.2, 0.25) is 0 Å². The number of rotatable bonds is 4. The van der Waals surface area contributed by atoms with Gasteiger partial charge >= 0.3 is 0 Å². The first-order valence-electron chi connectivity index (χ1n) is 6.53. The average molecular weight is 311 g/mol. The Morgan fingerprint density at radius 1 is 1.09 bits per heavy atom. The second-order valence-corrected chi connectivity index (χ2v) is 4.83. The third-order valence-electron chi connectivity index (χ3n) is 2.96. The molecule has 0 spiro atoms. The van der Waals surface area contributed by atoms with Gasteiger partial charge in [0.25, 0.3) is 5.24 Å². The van der Waals surface area contributed by atoms with Crippen LogP contribution in [0.5, 0.6) is 0 Å². The summed E-state index contributed by atoms with van der Waals surface area (Å²) in [5.74, 6) is 0.431. The van der Waals surface area contributed by atoms with Gasteiger partial charge in [0.2, 0.25) is 5.95 Å². The molecular formula is C16H11ClN4O. The van der Waals surface area contributed by atoms with E-state index < -0.39 is 5.24 Å². The predicted molar refractivity (Wildman–Crippen MR) is 85.2 cm³/mol. The summed E-state index contributed by atoms with van der Waals surface area (Å²) in [6.07, 6.45) is 5.10. The zero-order chi connectivity index (χ0) is 15.4. The molecule has 0 aliphatic heterocycles. The van der Waals surface area contributed by atoms with Gasteiger partial charge in [-0.1, -0.05) is 6.07 Å². The number of hydrogen-bond acceptors (Lipinski definition) is 5. The molecule has 0 fully saturated rings. The Bertz CT molecular complexity index is 808. The van der Waals surface area contributed by atoms with Gasteiger partial charge in [-0.2, -0.15) is 0 Å². The van der Waals surface area contributed by atoms with Crippen molar-refractivity contribution in [1.29, 1.82) is 0 Å². The highest BCUT2D eigenvalue weighted by Crippen LogP contribution is 2.19. The third kappa shape index (κ3) is 3.27. The van der Waals surface area contributed by atoms with Crippen molar-refractivity contribution in [3.05, 3.63) is 66.6 Å². The molecule has 108 valence electrons. The van der Waals surface area contributed by atoms with Crippen molar-refractivity contribution in [1.82, 2.24) is 15.0 Å². The molecule has 2 aromatic heterocycles. The standard InChI is InChI=1S/C16H11ClN4O/c17-15(22)11-3-1-5-13(9-11)20-16-19-8-6-14(21-16)12-4-2-7-18-10-12/h1-10H,(H,19,20,21). The fourth-order valence-corrected chi connectivity index (χ4v) is 2.06. The van der Waals surface area contributed by atoms with Gasteiger partial charge in [-0.05, 0) is 48.0 Å². The summed E-state index contributed by atoms with van der Waals surface area (Å²) in [4.78, 5) is 23.9. The Morgan fingerprint density at radius 2 is 2.00 bits per heavy atom. The molecule has 0 aliphatic carbocycles. The number of hydrogen-bond donors (Lipinski definition) is 1. The highest BCUT2D eigenvalue weighted by molar-refractivity contribution is 6.67. The van der Waals surface area contributed by atoms with E-state index in [1.54, 1.807) is 42.9 Å². The Kier molecular flexibility index (Phi) is 4.07. The van der Waals surface area contributed by atoms with Crippen molar-refractivity contribution in [2.45, 2.75) is 0 Å². The van der Waals surface area contributed by atoms with Gasteiger partial charge in [-0.25, -0.2) is 9.97 Å². The Hall–Kier alpha value is -2.79. The van der Waals surface area contributed by atoms with Crippen LogP contribution in [0.3, 0.4) is 0 Å². The molecule has 22 heavy (non-hydrogen) atoms. The van der Waals surface area contributed by atoms with Crippen LogP contribution in [0.15, 0.2) is 61.1 Å². The summed E-state index contributed by atoms with van der Waals surface area (Å²) in [5.41, 5.74) is 2.76. The lowest BCUT2D eigenvalue weighted by molar-refractivity contribution is 0.108. The molecule has 0 radical (unpaired) electrons. The number of halogens is 1. The molecule has 2 heterocycles. The van der Waals surface area contributed by atoms with Gasteiger partial charge in [-0.15, -0.1) is 0 Å². The number of benzene rings is 1. The molecule has 0 atom stereocenters. The van der Waals surface area contributed by atoms with Gasteiger partial charge in [0, 0.05) is 35.4 Å². The number of carbonyl (C=O) groups excluding carboxylic acids is 1. The van der Waals surface area contributed by atoms with Crippen molar-refractivity contribution in [3.63, 3.8) is 0 Å². The SMILES string of the molecule is O=C(Cl)c1cccc(Nc2nccc(-c3cccnc3)n2)c1. The summed E-state index contributed by atoms with van der Waals surface area (Å²) >= 11 is 5.48. The lowest BCUT2D eigenvalue weighted by Crippen LogP contribution is -1.99. The van der Waals surface area contributed by atoms with Gasteiger partial charge in [-0.3, -0.25) is 9.78 Å². The van der Waals surface area contributed by atoms with Crippen molar-refractivity contribution < 1.29 is 4.79 Å². The molecule has 0 bridgehead atoms. The van der Waals surface area contributed by atoms with Gasteiger partial charge in [0.15, 0.2) is 0 Å². The number of anilines is 2. The van der Waals surface area contributed by atoms with E-state index in [0.717, 1.165) is 11.3 Å². The van der Waals surface area contributed by atoms with Crippen molar-refractivity contribution in [2.75, 3.05) is 5.32 Å². The number of nitrogens with one attached hydrogen (secondary N) is 1. The number of pyridine rings is 1. The maximum absolute atomic E-state index is 11.2. The van der Waals surface area contributed by atoms with E-state index >= 15 is 0 Å². The first kappa shape index (κ1) is 14.2. The second-order valence-electron chi connectivity index (χ2n) is 4.49. The highest BCUT2D eigenvalue weighted by Gasteiger charge is 2.05. The van der Waals surface area contributed by atoms with Crippen molar-refractivity contribution >= 4 is 28.5 Å². The van der Waals surface area contributed by atoms with Gasteiger partial charge in [0.05, 0.1) is 5.69 Å². The maximum atomic E-state index is 11.2. The quantitative estimate of drug-likeness (QED) is 0.745.